The Morgan fingerprint density at radius 2 is 1.62 bits per heavy atom. The number of rotatable bonds is 8. The molecular weight excluding hydrogens is 426 g/mol. The summed E-state index contributed by atoms with van der Waals surface area (Å²) < 4.78 is 39.2. The van der Waals surface area contributed by atoms with Gasteiger partial charge in [-0.05, 0) is 37.6 Å². The van der Waals surface area contributed by atoms with Crippen molar-refractivity contribution in [3.8, 4) is 11.5 Å². The lowest BCUT2D eigenvalue weighted by Crippen LogP contribution is -2.48. The fourth-order valence-electron chi connectivity index (χ4n) is 4.00. The minimum atomic E-state index is -3.61. The number of ether oxygens (including phenoxy) is 2. The molecule has 0 aliphatic carbocycles. The molecule has 170 valence electrons. The van der Waals surface area contributed by atoms with Gasteiger partial charge in [0.05, 0.1) is 23.6 Å². The molecule has 0 atom stereocenters. The van der Waals surface area contributed by atoms with Gasteiger partial charge in [-0.2, -0.15) is 4.31 Å². The van der Waals surface area contributed by atoms with E-state index in [4.69, 9.17) is 9.47 Å². The minimum Gasteiger partial charge on any atom is -0.490 e. The molecule has 0 N–H and O–H groups in total. The Hall–Kier alpha value is -2.68. The smallest absolute Gasteiger partial charge is 0.243 e. The molecular formula is C24H29N3O4S. The quantitative estimate of drug-likeness (QED) is 0.517. The standard InChI is InChI=1S/C24H29N3O4S/c1-3-30-22-11-10-21(17-23(22)31-4-2)32(28,29)27-15-13-26(14-16-27)18-20-8-5-7-19-9-6-12-25-24(19)20/h5-12,17H,3-4,13-16,18H2,1-2H3. The van der Waals surface area contributed by atoms with E-state index in [1.807, 2.05) is 32.2 Å². The van der Waals surface area contributed by atoms with Gasteiger partial charge in [0, 0.05) is 50.4 Å². The zero-order valence-corrected chi connectivity index (χ0v) is 19.3. The fourth-order valence-corrected chi connectivity index (χ4v) is 5.44. The minimum absolute atomic E-state index is 0.233. The van der Waals surface area contributed by atoms with Crippen LogP contribution in [0, 0.1) is 0 Å². The second-order valence-electron chi connectivity index (χ2n) is 7.65. The number of aromatic nitrogens is 1. The maximum Gasteiger partial charge on any atom is 0.243 e. The molecule has 1 saturated heterocycles. The van der Waals surface area contributed by atoms with Crippen molar-refractivity contribution in [3.05, 3.63) is 60.3 Å². The van der Waals surface area contributed by atoms with E-state index in [9.17, 15) is 8.42 Å². The summed E-state index contributed by atoms with van der Waals surface area (Å²) in [4.78, 5) is 7.04. The van der Waals surface area contributed by atoms with Crippen LogP contribution >= 0.6 is 0 Å². The van der Waals surface area contributed by atoms with Crippen LogP contribution in [0.2, 0.25) is 0 Å². The molecule has 3 aromatic rings. The Balaban J connectivity index is 1.46. The largest absolute Gasteiger partial charge is 0.490 e. The summed E-state index contributed by atoms with van der Waals surface area (Å²) in [6.07, 6.45) is 1.81. The van der Waals surface area contributed by atoms with Gasteiger partial charge in [0.1, 0.15) is 0 Å². The van der Waals surface area contributed by atoms with Crippen LogP contribution < -0.4 is 9.47 Å². The summed E-state index contributed by atoms with van der Waals surface area (Å²) in [5, 5.41) is 1.12. The number of hydrogen-bond donors (Lipinski definition) is 0. The number of pyridine rings is 1. The van der Waals surface area contributed by atoms with E-state index in [-0.39, 0.29) is 4.90 Å². The molecule has 1 aliphatic heterocycles. The average Bonchev–Trinajstić information content (AvgIpc) is 2.81. The SMILES string of the molecule is CCOc1ccc(S(=O)(=O)N2CCN(Cc3cccc4cccnc34)CC2)cc1OCC. The third-order valence-corrected chi connectivity index (χ3v) is 7.49. The highest BCUT2D eigenvalue weighted by Gasteiger charge is 2.29. The first-order valence-electron chi connectivity index (χ1n) is 11.0. The monoisotopic (exact) mass is 455 g/mol. The molecule has 1 aliphatic rings. The van der Waals surface area contributed by atoms with Gasteiger partial charge in [-0.3, -0.25) is 9.88 Å². The van der Waals surface area contributed by atoms with E-state index >= 15 is 0 Å². The summed E-state index contributed by atoms with van der Waals surface area (Å²) in [6, 6.07) is 15.0. The Kier molecular flexibility index (Phi) is 6.93. The highest BCUT2D eigenvalue weighted by atomic mass is 32.2. The number of piperazine rings is 1. The van der Waals surface area contributed by atoms with Gasteiger partial charge in [0.15, 0.2) is 11.5 Å². The number of sulfonamides is 1. The number of nitrogens with zero attached hydrogens (tertiary/aromatic N) is 3. The molecule has 0 spiro atoms. The zero-order valence-electron chi connectivity index (χ0n) is 18.5. The maximum atomic E-state index is 13.3. The van der Waals surface area contributed by atoms with E-state index in [0.29, 0.717) is 50.9 Å². The van der Waals surface area contributed by atoms with Crippen LogP contribution in [0.3, 0.4) is 0 Å². The molecule has 7 nitrogen and oxygen atoms in total. The highest BCUT2D eigenvalue weighted by molar-refractivity contribution is 7.89. The van der Waals surface area contributed by atoms with Crippen LogP contribution in [0.4, 0.5) is 0 Å². The van der Waals surface area contributed by atoms with E-state index in [1.165, 1.54) is 0 Å². The van der Waals surface area contributed by atoms with Gasteiger partial charge >= 0.3 is 0 Å². The summed E-state index contributed by atoms with van der Waals surface area (Å²) in [7, 11) is -3.61. The molecule has 2 heterocycles. The lowest BCUT2D eigenvalue weighted by Gasteiger charge is -2.34. The Labute approximate surface area is 189 Å². The van der Waals surface area contributed by atoms with Crippen LogP contribution in [0.5, 0.6) is 11.5 Å². The predicted molar refractivity (Wildman–Crippen MR) is 125 cm³/mol. The second kappa shape index (κ2) is 9.85. The van der Waals surface area contributed by atoms with Crippen LogP contribution in [-0.4, -0.2) is 62.0 Å². The first-order valence-corrected chi connectivity index (χ1v) is 12.4. The molecule has 2 aromatic carbocycles. The average molecular weight is 456 g/mol. The molecule has 0 radical (unpaired) electrons. The first-order chi connectivity index (χ1) is 15.5. The van der Waals surface area contributed by atoms with E-state index < -0.39 is 10.0 Å². The molecule has 4 rings (SSSR count). The Bertz CT molecular complexity index is 1170. The van der Waals surface area contributed by atoms with Crippen molar-refractivity contribution in [3.63, 3.8) is 0 Å². The summed E-state index contributed by atoms with van der Waals surface area (Å²) >= 11 is 0. The molecule has 1 fully saturated rings. The number of hydrogen-bond acceptors (Lipinski definition) is 6. The van der Waals surface area contributed by atoms with E-state index in [1.54, 1.807) is 22.5 Å². The lowest BCUT2D eigenvalue weighted by molar-refractivity contribution is 0.182. The number of benzene rings is 2. The van der Waals surface area contributed by atoms with Crippen molar-refractivity contribution in [2.24, 2.45) is 0 Å². The predicted octanol–water partition coefficient (Wildman–Crippen LogP) is 3.54. The number of para-hydroxylation sites is 1. The van der Waals surface area contributed by atoms with Crippen molar-refractivity contribution in [1.29, 1.82) is 0 Å². The summed E-state index contributed by atoms with van der Waals surface area (Å²) in [6.45, 7) is 7.63. The van der Waals surface area contributed by atoms with Crippen molar-refractivity contribution in [2.45, 2.75) is 25.3 Å². The molecule has 0 unspecified atom stereocenters. The van der Waals surface area contributed by atoms with Crippen LogP contribution in [0.15, 0.2) is 59.6 Å². The van der Waals surface area contributed by atoms with Crippen molar-refractivity contribution in [2.75, 3.05) is 39.4 Å². The van der Waals surface area contributed by atoms with E-state index in [2.05, 4.69) is 28.1 Å². The first kappa shape index (κ1) is 22.5. The molecule has 1 aromatic heterocycles. The number of fused-ring (bicyclic) bond motifs is 1. The summed E-state index contributed by atoms with van der Waals surface area (Å²) in [5.74, 6) is 1.01. The van der Waals surface area contributed by atoms with Crippen molar-refractivity contribution in [1.82, 2.24) is 14.2 Å². The molecule has 32 heavy (non-hydrogen) atoms. The normalized spacial score (nSPS) is 15.7. The topological polar surface area (TPSA) is 72.0 Å². The lowest BCUT2D eigenvalue weighted by atomic mass is 10.1. The van der Waals surface area contributed by atoms with Crippen molar-refractivity contribution >= 4 is 20.9 Å². The molecule has 0 amide bonds. The van der Waals surface area contributed by atoms with Crippen LogP contribution in [-0.2, 0) is 16.6 Å². The molecule has 8 heteroatoms. The Morgan fingerprint density at radius 3 is 2.38 bits per heavy atom. The van der Waals surface area contributed by atoms with Crippen LogP contribution in [0.25, 0.3) is 10.9 Å². The van der Waals surface area contributed by atoms with E-state index in [0.717, 1.165) is 23.0 Å². The Morgan fingerprint density at radius 1 is 0.906 bits per heavy atom. The molecule has 0 bridgehead atoms. The van der Waals surface area contributed by atoms with Gasteiger partial charge in [-0.1, -0.05) is 24.3 Å². The zero-order chi connectivity index (χ0) is 22.6. The maximum absolute atomic E-state index is 13.3. The third kappa shape index (κ3) is 4.72. The van der Waals surface area contributed by atoms with Gasteiger partial charge in [-0.25, -0.2) is 8.42 Å². The van der Waals surface area contributed by atoms with Gasteiger partial charge in [0.25, 0.3) is 0 Å². The fraction of sp³-hybridized carbons (Fsp3) is 0.375. The van der Waals surface area contributed by atoms with Gasteiger partial charge in [-0.15, -0.1) is 0 Å². The second-order valence-corrected chi connectivity index (χ2v) is 9.58. The molecule has 0 saturated carbocycles. The third-order valence-electron chi connectivity index (χ3n) is 5.59. The van der Waals surface area contributed by atoms with Gasteiger partial charge in [0.2, 0.25) is 10.0 Å². The highest BCUT2D eigenvalue weighted by Crippen LogP contribution is 2.31. The van der Waals surface area contributed by atoms with Crippen molar-refractivity contribution < 1.29 is 17.9 Å². The van der Waals surface area contributed by atoms with Crippen LogP contribution in [0.1, 0.15) is 19.4 Å². The van der Waals surface area contributed by atoms with Gasteiger partial charge < -0.3 is 9.47 Å². The summed E-state index contributed by atoms with van der Waals surface area (Å²) in [5.41, 5.74) is 2.16.